The molecule has 2 N–H and O–H groups in total. The molecule has 0 radical (unpaired) electrons. The predicted molar refractivity (Wildman–Crippen MR) is 101 cm³/mol. The number of carbonyl (C=O) groups excluding carboxylic acids is 1. The van der Waals surface area contributed by atoms with E-state index in [0.717, 1.165) is 9.47 Å². The highest BCUT2D eigenvalue weighted by Gasteiger charge is 2.22. The maximum Gasteiger partial charge on any atom is 0.259 e. The fourth-order valence-electron chi connectivity index (χ4n) is 2.45. The molecular formula is C15H15N5O2S3. The monoisotopic (exact) mass is 393 g/mol. The number of hydrogen-bond acceptors (Lipinski definition) is 9. The molecule has 130 valence electrons. The molecule has 3 aromatic heterocycles. The van der Waals surface area contributed by atoms with Crippen molar-refractivity contribution in [1.82, 2.24) is 20.2 Å². The number of H-pyrrole nitrogens is 1. The Morgan fingerprint density at radius 2 is 2.16 bits per heavy atom. The standard InChI is InChI=1S/C15H15N5O2S3/c1-6-10-12(22)17-9(18-13(10)24-11(6)7(2)21)5-23-15-20-19-14(25-15)16-8-3-4-8/h8H,3-5H2,1-2H3,(H,16,19)(H,17,18,22). The summed E-state index contributed by atoms with van der Waals surface area (Å²) in [5.74, 6) is 1.03. The van der Waals surface area contributed by atoms with Crippen LogP contribution in [0.15, 0.2) is 9.13 Å². The second kappa shape index (κ2) is 6.50. The number of nitrogens with one attached hydrogen (secondary N) is 2. The van der Waals surface area contributed by atoms with Gasteiger partial charge in [-0.2, -0.15) is 0 Å². The van der Waals surface area contributed by atoms with Crippen LogP contribution in [0.2, 0.25) is 0 Å². The van der Waals surface area contributed by atoms with Crippen molar-refractivity contribution < 1.29 is 4.79 Å². The summed E-state index contributed by atoms with van der Waals surface area (Å²) in [5.41, 5.74) is 0.510. The molecule has 3 heterocycles. The summed E-state index contributed by atoms with van der Waals surface area (Å²) in [5, 5.41) is 12.9. The molecule has 3 aromatic rings. The average Bonchev–Trinajstić information content (AvgIpc) is 3.14. The third-order valence-electron chi connectivity index (χ3n) is 3.81. The molecule has 0 amide bonds. The van der Waals surface area contributed by atoms with Gasteiger partial charge in [0.2, 0.25) is 5.13 Å². The Kier molecular flexibility index (Phi) is 4.34. The number of nitrogens with zero attached hydrogens (tertiary/aromatic N) is 3. The summed E-state index contributed by atoms with van der Waals surface area (Å²) in [6.07, 6.45) is 2.38. The van der Waals surface area contributed by atoms with E-state index in [-0.39, 0.29) is 11.3 Å². The zero-order valence-electron chi connectivity index (χ0n) is 13.6. The summed E-state index contributed by atoms with van der Waals surface area (Å²) in [7, 11) is 0. The summed E-state index contributed by atoms with van der Waals surface area (Å²) in [6.45, 7) is 3.29. The minimum absolute atomic E-state index is 0.0413. The maximum absolute atomic E-state index is 12.4. The van der Waals surface area contributed by atoms with Crippen LogP contribution in [0, 0.1) is 6.92 Å². The number of aryl methyl sites for hydroxylation is 1. The molecule has 1 saturated carbocycles. The van der Waals surface area contributed by atoms with Crippen LogP contribution < -0.4 is 10.9 Å². The number of carbonyl (C=O) groups is 1. The number of rotatable bonds is 6. The highest BCUT2D eigenvalue weighted by Crippen LogP contribution is 2.32. The van der Waals surface area contributed by atoms with Crippen molar-refractivity contribution in [2.75, 3.05) is 5.32 Å². The zero-order chi connectivity index (χ0) is 17.6. The van der Waals surface area contributed by atoms with Crippen molar-refractivity contribution in [2.45, 2.75) is 42.8 Å². The van der Waals surface area contributed by atoms with E-state index in [2.05, 4.69) is 25.5 Å². The molecular weight excluding hydrogens is 378 g/mol. The number of ketones is 1. The first-order valence-corrected chi connectivity index (χ1v) is 10.4. The predicted octanol–water partition coefficient (Wildman–Crippen LogP) is 3.21. The first-order chi connectivity index (χ1) is 12.0. The Morgan fingerprint density at radius 1 is 1.36 bits per heavy atom. The smallest absolute Gasteiger partial charge is 0.259 e. The molecule has 10 heteroatoms. The van der Waals surface area contributed by atoms with Gasteiger partial charge in [-0.05, 0) is 32.3 Å². The largest absolute Gasteiger partial charge is 0.357 e. The number of anilines is 1. The molecule has 0 spiro atoms. The van der Waals surface area contributed by atoms with Crippen molar-refractivity contribution in [2.24, 2.45) is 0 Å². The van der Waals surface area contributed by atoms with E-state index in [1.165, 1.54) is 54.2 Å². The molecule has 0 atom stereocenters. The van der Waals surface area contributed by atoms with Crippen molar-refractivity contribution in [3.8, 4) is 0 Å². The van der Waals surface area contributed by atoms with Crippen LogP contribution in [0.1, 0.15) is 40.8 Å². The van der Waals surface area contributed by atoms with Crippen molar-refractivity contribution in [3.63, 3.8) is 0 Å². The number of thioether (sulfide) groups is 1. The number of hydrogen-bond donors (Lipinski definition) is 2. The van der Waals surface area contributed by atoms with Gasteiger partial charge in [0, 0.05) is 6.04 Å². The Labute approximate surface area is 155 Å². The molecule has 0 saturated heterocycles. The lowest BCUT2D eigenvalue weighted by Gasteiger charge is -1.99. The molecule has 1 aliphatic rings. The van der Waals surface area contributed by atoms with Crippen LogP contribution in [0.5, 0.6) is 0 Å². The van der Waals surface area contributed by atoms with Gasteiger partial charge >= 0.3 is 0 Å². The summed E-state index contributed by atoms with van der Waals surface area (Å²) >= 11 is 4.27. The first-order valence-electron chi connectivity index (χ1n) is 7.77. The van der Waals surface area contributed by atoms with E-state index in [4.69, 9.17) is 0 Å². The topological polar surface area (TPSA) is 101 Å². The lowest BCUT2D eigenvalue weighted by atomic mass is 10.2. The number of thiophene rings is 1. The summed E-state index contributed by atoms with van der Waals surface area (Å²) < 4.78 is 0.831. The van der Waals surface area contributed by atoms with Crippen LogP contribution >= 0.6 is 34.4 Å². The Bertz CT molecular complexity index is 1020. The minimum atomic E-state index is -0.199. The number of aromatic amines is 1. The molecule has 4 rings (SSSR count). The zero-order valence-corrected chi connectivity index (χ0v) is 16.0. The summed E-state index contributed by atoms with van der Waals surface area (Å²) in [4.78, 5) is 32.6. The van der Waals surface area contributed by atoms with Crippen molar-refractivity contribution in [3.05, 3.63) is 26.6 Å². The van der Waals surface area contributed by atoms with Crippen LogP contribution in [-0.2, 0) is 5.75 Å². The molecule has 0 aromatic carbocycles. The first kappa shape index (κ1) is 16.7. The minimum Gasteiger partial charge on any atom is -0.357 e. The fraction of sp³-hybridized carbons (Fsp3) is 0.400. The van der Waals surface area contributed by atoms with Crippen molar-refractivity contribution >= 4 is 55.6 Å². The third-order valence-corrected chi connectivity index (χ3v) is 7.10. The van der Waals surface area contributed by atoms with E-state index in [0.29, 0.717) is 38.3 Å². The van der Waals surface area contributed by atoms with Gasteiger partial charge in [-0.3, -0.25) is 9.59 Å². The van der Waals surface area contributed by atoms with Gasteiger partial charge in [-0.25, -0.2) is 4.98 Å². The maximum atomic E-state index is 12.4. The fourth-order valence-corrected chi connectivity index (χ4v) is 5.25. The van der Waals surface area contributed by atoms with Crippen LogP contribution in [-0.4, -0.2) is 32.0 Å². The van der Waals surface area contributed by atoms with Gasteiger partial charge in [0.1, 0.15) is 10.7 Å². The van der Waals surface area contributed by atoms with E-state index in [1.54, 1.807) is 6.92 Å². The Hall–Kier alpha value is -1.78. The van der Waals surface area contributed by atoms with Gasteiger partial charge in [-0.1, -0.05) is 23.1 Å². The van der Waals surface area contributed by atoms with E-state index in [1.807, 2.05) is 0 Å². The molecule has 0 aliphatic heterocycles. The average molecular weight is 394 g/mol. The van der Waals surface area contributed by atoms with Crippen LogP contribution in [0.25, 0.3) is 10.2 Å². The highest BCUT2D eigenvalue weighted by molar-refractivity contribution is 8.00. The lowest BCUT2D eigenvalue weighted by molar-refractivity contribution is 0.102. The third kappa shape index (κ3) is 3.46. The number of Topliss-reactive ketones (excluding diaryl/α,β-unsaturated/α-hetero) is 1. The van der Waals surface area contributed by atoms with Gasteiger partial charge in [-0.15, -0.1) is 21.5 Å². The second-order valence-corrected chi connectivity index (χ2v) is 9.08. The van der Waals surface area contributed by atoms with Gasteiger partial charge in [0.25, 0.3) is 5.56 Å². The number of aromatic nitrogens is 4. The molecule has 0 unspecified atom stereocenters. The van der Waals surface area contributed by atoms with Gasteiger partial charge < -0.3 is 10.3 Å². The van der Waals surface area contributed by atoms with Gasteiger partial charge in [0.15, 0.2) is 10.1 Å². The van der Waals surface area contributed by atoms with Gasteiger partial charge in [0.05, 0.1) is 16.0 Å². The van der Waals surface area contributed by atoms with E-state index < -0.39 is 0 Å². The van der Waals surface area contributed by atoms with Crippen molar-refractivity contribution in [1.29, 1.82) is 0 Å². The molecule has 0 bridgehead atoms. The number of fused-ring (bicyclic) bond motifs is 1. The van der Waals surface area contributed by atoms with E-state index in [9.17, 15) is 9.59 Å². The molecule has 7 nitrogen and oxygen atoms in total. The Morgan fingerprint density at radius 3 is 2.88 bits per heavy atom. The van der Waals surface area contributed by atoms with Crippen LogP contribution in [0.3, 0.4) is 0 Å². The SMILES string of the molecule is CC(=O)c1sc2nc(CSc3nnc(NC4CC4)s3)[nH]c(=O)c2c1C. The summed E-state index contributed by atoms with van der Waals surface area (Å²) in [6, 6.07) is 0.545. The Balaban J connectivity index is 1.54. The van der Waals surface area contributed by atoms with E-state index >= 15 is 0 Å². The molecule has 1 fully saturated rings. The quantitative estimate of drug-likeness (QED) is 0.490. The molecule has 1 aliphatic carbocycles. The molecule has 25 heavy (non-hydrogen) atoms. The highest BCUT2D eigenvalue weighted by atomic mass is 32.2. The second-order valence-electron chi connectivity index (χ2n) is 5.89. The van der Waals surface area contributed by atoms with Crippen LogP contribution in [0.4, 0.5) is 5.13 Å². The normalized spacial score (nSPS) is 14.2. The lowest BCUT2D eigenvalue weighted by Crippen LogP contribution is -2.11.